The second-order valence-electron chi connectivity index (χ2n) is 4.28. The Hall–Kier alpha value is -2.15. The molecule has 1 heterocycles. The molecule has 0 aliphatic heterocycles. The second kappa shape index (κ2) is 5.46. The standard InChI is InChI=1S/C13H14FN3O2S/c1-3-17-9-10(8-16-17)7-15-13-6-11(20(2,18)19)4-5-12(13)14/h3-6,8-9,15H,1,7H2,2H3. The van der Waals surface area contributed by atoms with Gasteiger partial charge in [-0.05, 0) is 18.2 Å². The van der Waals surface area contributed by atoms with Gasteiger partial charge in [0.25, 0.3) is 0 Å². The third kappa shape index (κ3) is 3.24. The van der Waals surface area contributed by atoms with Crippen LogP contribution < -0.4 is 5.32 Å². The van der Waals surface area contributed by atoms with Crippen molar-refractivity contribution >= 4 is 21.7 Å². The Bertz CT molecular complexity index is 738. The Morgan fingerprint density at radius 3 is 2.85 bits per heavy atom. The minimum absolute atomic E-state index is 0.0724. The molecule has 0 saturated carbocycles. The number of nitrogens with zero attached hydrogens (tertiary/aromatic N) is 2. The molecule has 1 aromatic heterocycles. The second-order valence-corrected chi connectivity index (χ2v) is 6.29. The molecule has 0 amide bonds. The highest BCUT2D eigenvalue weighted by molar-refractivity contribution is 7.90. The number of hydrogen-bond donors (Lipinski definition) is 1. The van der Waals surface area contributed by atoms with Crippen LogP contribution in [0.4, 0.5) is 10.1 Å². The Balaban J connectivity index is 2.18. The number of anilines is 1. The molecule has 2 rings (SSSR count). The molecule has 0 atom stereocenters. The van der Waals surface area contributed by atoms with Crippen molar-refractivity contribution in [2.45, 2.75) is 11.4 Å². The molecule has 0 spiro atoms. The highest BCUT2D eigenvalue weighted by Gasteiger charge is 2.11. The Morgan fingerprint density at radius 2 is 2.25 bits per heavy atom. The largest absolute Gasteiger partial charge is 0.378 e. The van der Waals surface area contributed by atoms with E-state index in [0.717, 1.165) is 17.9 Å². The van der Waals surface area contributed by atoms with Gasteiger partial charge in [-0.3, -0.25) is 0 Å². The van der Waals surface area contributed by atoms with Crippen LogP contribution in [0.3, 0.4) is 0 Å². The first kappa shape index (κ1) is 14.3. The summed E-state index contributed by atoms with van der Waals surface area (Å²) in [7, 11) is -3.36. The summed E-state index contributed by atoms with van der Waals surface area (Å²) >= 11 is 0. The monoisotopic (exact) mass is 295 g/mol. The van der Waals surface area contributed by atoms with Crippen LogP contribution in [0.2, 0.25) is 0 Å². The minimum atomic E-state index is -3.36. The first-order chi connectivity index (χ1) is 9.40. The van der Waals surface area contributed by atoms with Gasteiger partial charge >= 0.3 is 0 Å². The van der Waals surface area contributed by atoms with Crippen LogP contribution in [0.1, 0.15) is 5.56 Å². The summed E-state index contributed by atoms with van der Waals surface area (Å²) in [5.74, 6) is -0.506. The van der Waals surface area contributed by atoms with Crippen LogP contribution in [0, 0.1) is 5.82 Å². The molecule has 0 aliphatic carbocycles. The van der Waals surface area contributed by atoms with Gasteiger partial charge in [-0.2, -0.15) is 5.10 Å². The zero-order valence-electron chi connectivity index (χ0n) is 10.9. The fraction of sp³-hybridized carbons (Fsp3) is 0.154. The SMILES string of the molecule is C=Cn1cc(CNc2cc(S(C)(=O)=O)ccc2F)cn1. The number of hydrogen-bond acceptors (Lipinski definition) is 4. The predicted octanol–water partition coefficient (Wildman–Crippen LogP) is 2.14. The summed E-state index contributed by atoms with van der Waals surface area (Å²) in [4.78, 5) is 0.0724. The molecule has 20 heavy (non-hydrogen) atoms. The van der Waals surface area contributed by atoms with E-state index in [4.69, 9.17) is 0 Å². The first-order valence-electron chi connectivity index (χ1n) is 5.79. The van der Waals surface area contributed by atoms with E-state index in [0.29, 0.717) is 6.54 Å². The van der Waals surface area contributed by atoms with E-state index in [1.165, 1.54) is 23.0 Å². The third-order valence-electron chi connectivity index (χ3n) is 2.69. The first-order valence-corrected chi connectivity index (χ1v) is 7.68. The number of benzene rings is 1. The summed E-state index contributed by atoms with van der Waals surface area (Å²) in [5.41, 5.74) is 0.966. The van der Waals surface area contributed by atoms with Gasteiger partial charge in [-0.15, -0.1) is 0 Å². The van der Waals surface area contributed by atoms with Gasteiger partial charge in [0.05, 0.1) is 16.8 Å². The van der Waals surface area contributed by atoms with Gasteiger partial charge in [0.15, 0.2) is 9.84 Å². The molecule has 0 unspecified atom stereocenters. The van der Waals surface area contributed by atoms with Gasteiger partial charge in [-0.25, -0.2) is 17.5 Å². The van der Waals surface area contributed by atoms with E-state index >= 15 is 0 Å². The predicted molar refractivity (Wildman–Crippen MR) is 75.5 cm³/mol. The Kier molecular flexibility index (Phi) is 3.89. The van der Waals surface area contributed by atoms with Crippen LogP contribution in [0.5, 0.6) is 0 Å². The smallest absolute Gasteiger partial charge is 0.175 e. The molecule has 0 bridgehead atoms. The van der Waals surface area contributed by atoms with Gasteiger partial charge in [0.1, 0.15) is 5.82 Å². The lowest BCUT2D eigenvalue weighted by Crippen LogP contribution is -2.04. The Labute approximate surface area is 116 Å². The highest BCUT2D eigenvalue weighted by Crippen LogP contribution is 2.20. The highest BCUT2D eigenvalue weighted by atomic mass is 32.2. The van der Waals surface area contributed by atoms with Crippen molar-refractivity contribution in [2.75, 3.05) is 11.6 Å². The maximum Gasteiger partial charge on any atom is 0.175 e. The molecule has 1 N–H and O–H groups in total. The maximum absolute atomic E-state index is 13.6. The van der Waals surface area contributed by atoms with Crippen LogP contribution in [0.15, 0.2) is 42.1 Å². The van der Waals surface area contributed by atoms with Gasteiger partial charge < -0.3 is 5.32 Å². The van der Waals surface area contributed by atoms with E-state index in [1.807, 2.05) is 0 Å². The van der Waals surface area contributed by atoms with Crippen molar-refractivity contribution < 1.29 is 12.8 Å². The van der Waals surface area contributed by atoms with Crippen LogP contribution in [-0.4, -0.2) is 24.5 Å². The molecular weight excluding hydrogens is 281 g/mol. The van der Waals surface area contributed by atoms with E-state index in [2.05, 4.69) is 17.0 Å². The average Bonchev–Trinajstić information content (AvgIpc) is 2.84. The fourth-order valence-electron chi connectivity index (χ4n) is 1.64. The van der Waals surface area contributed by atoms with Crippen LogP contribution in [0.25, 0.3) is 6.20 Å². The third-order valence-corrected chi connectivity index (χ3v) is 3.80. The van der Waals surface area contributed by atoms with Gasteiger partial charge in [0, 0.05) is 30.8 Å². The number of sulfone groups is 1. The lowest BCUT2D eigenvalue weighted by molar-refractivity contribution is 0.600. The van der Waals surface area contributed by atoms with E-state index in [1.54, 1.807) is 12.4 Å². The number of nitrogens with one attached hydrogen (secondary N) is 1. The summed E-state index contributed by atoms with van der Waals surface area (Å²) in [6.45, 7) is 3.90. The molecule has 0 radical (unpaired) electrons. The average molecular weight is 295 g/mol. The van der Waals surface area contributed by atoms with Crippen molar-refractivity contribution in [3.8, 4) is 0 Å². The normalized spacial score (nSPS) is 11.3. The summed E-state index contributed by atoms with van der Waals surface area (Å²) in [5, 5.41) is 6.85. The van der Waals surface area contributed by atoms with Gasteiger partial charge in [0.2, 0.25) is 0 Å². The van der Waals surface area contributed by atoms with Crippen molar-refractivity contribution in [1.29, 1.82) is 0 Å². The summed E-state index contributed by atoms with van der Waals surface area (Å²) in [6.07, 6.45) is 5.97. The van der Waals surface area contributed by atoms with E-state index < -0.39 is 15.7 Å². The number of rotatable bonds is 5. The van der Waals surface area contributed by atoms with Crippen LogP contribution >= 0.6 is 0 Å². The van der Waals surface area contributed by atoms with Crippen molar-refractivity contribution in [3.63, 3.8) is 0 Å². The van der Waals surface area contributed by atoms with E-state index in [9.17, 15) is 12.8 Å². The fourth-order valence-corrected chi connectivity index (χ4v) is 2.28. The van der Waals surface area contributed by atoms with E-state index in [-0.39, 0.29) is 10.6 Å². The molecular formula is C13H14FN3O2S. The molecule has 0 saturated heterocycles. The molecule has 2 aromatic rings. The quantitative estimate of drug-likeness (QED) is 0.858. The summed E-state index contributed by atoms with van der Waals surface area (Å²) in [6, 6.07) is 3.65. The lowest BCUT2D eigenvalue weighted by atomic mass is 10.3. The molecule has 0 aliphatic rings. The zero-order valence-corrected chi connectivity index (χ0v) is 11.7. The molecule has 106 valence electrons. The zero-order chi connectivity index (χ0) is 14.8. The lowest BCUT2D eigenvalue weighted by Gasteiger charge is -2.08. The number of aromatic nitrogens is 2. The van der Waals surface area contributed by atoms with Gasteiger partial charge in [-0.1, -0.05) is 6.58 Å². The van der Waals surface area contributed by atoms with Crippen molar-refractivity contribution in [2.24, 2.45) is 0 Å². The number of halogens is 1. The van der Waals surface area contributed by atoms with Crippen molar-refractivity contribution in [3.05, 3.63) is 48.6 Å². The molecule has 1 aromatic carbocycles. The minimum Gasteiger partial charge on any atom is -0.378 e. The molecule has 0 fully saturated rings. The maximum atomic E-state index is 13.6. The molecule has 7 heteroatoms. The van der Waals surface area contributed by atoms with Crippen LogP contribution in [-0.2, 0) is 16.4 Å². The van der Waals surface area contributed by atoms with Crippen molar-refractivity contribution in [1.82, 2.24) is 9.78 Å². The Morgan fingerprint density at radius 1 is 1.50 bits per heavy atom. The topological polar surface area (TPSA) is 64.0 Å². The summed E-state index contributed by atoms with van der Waals surface area (Å²) < 4.78 is 38.0. The molecule has 5 nitrogen and oxygen atoms in total.